The maximum atomic E-state index is 11.9. The highest BCUT2D eigenvalue weighted by Gasteiger charge is 2.13. The molecule has 0 saturated carbocycles. The van der Waals surface area contributed by atoms with E-state index in [2.05, 4.69) is 10.3 Å². The van der Waals surface area contributed by atoms with Crippen molar-refractivity contribution in [3.8, 4) is 0 Å². The van der Waals surface area contributed by atoms with Gasteiger partial charge in [0.25, 0.3) is 5.91 Å². The van der Waals surface area contributed by atoms with Crippen LogP contribution in [0.1, 0.15) is 21.9 Å². The molecule has 0 unspecified atom stereocenters. The van der Waals surface area contributed by atoms with Crippen LogP contribution in [0.3, 0.4) is 0 Å². The summed E-state index contributed by atoms with van der Waals surface area (Å²) in [5.74, 6) is 1.45. The molecule has 2 aromatic heterocycles. The van der Waals surface area contributed by atoms with Crippen molar-refractivity contribution < 1.29 is 9.21 Å². The fourth-order valence-electron chi connectivity index (χ4n) is 1.52. The molecule has 0 spiro atoms. The summed E-state index contributed by atoms with van der Waals surface area (Å²) in [6.07, 6.45) is 0. The van der Waals surface area contributed by atoms with Crippen molar-refractivity contribution >= 4 is 23.3 Å². The number of nitrogens with zero attached hydrogens (tertiary/aromatic N) is 1. The lowest BCUT2D eigenvalue weighted by Gasteiger charge is -2.03. The minimum Gasteiger partial charge on any atom is -0.466 e. The molecule has 1 N–H and O–H groups in total. The van der Waals surface area contributed by atoms with Crippen LogP contribution in [0, 0.1) is 13.8 Å². The molecule has 0 aliphatic heterocycles. The Bertz CT molecular complexity index is 563. The maximum Gasteiger partial charge on any atom is 0.260 e. The Kier molecular flexibility index (Phi) is 3.15. The van der Waals surface area contributed by atoms with Gasteiger partial charge in [0.05, 0.1) is 5.56 Å². The van der Waals surface area contributed by atoms with E-state index in [1.807, 2.05) is 0 Å². The van der Waals surface area contributed by atoms with Crippen LogP contribution >= 0.6 is 11.6 Å². The van der Waals surface area contributed by atoms with E-state index in [0.717, 1.165) is 0 Å². The molecule has 2 aromatic rings. The second kappa shape index (κ2) is 4.59. The molecule has 17 heavy (non-hydrogen) atoms. The Labute approximate surface area is 104 Å². The number of aryl methyl sites for hydroxylation is 2. The molecule has 0 saturated heterocycles. The molecule has 0 aromatic carbocycles. The molecule has 4 nitrogen and oxygen atoms in total. The SMILES string of the molecule is Cc1cc(C(=O)Nc2cccc(Cl)n2)c(C)o1. The minimum atomic E-state index is -0.255. The van der Waals surface area contributed by atoms with Crippen molar-refractivity contribution in [2.75, 3.05) is 5.32 Å². The molecule has 0 aliphatic carbocycles. The van der Waals surface area contributed by atoms with E-state index in [-0.39, 0.29) is 5.91 Å². The van der Waals surface area contributed by atoms with Gasteiger partial charge in [0, 0.05) is 0 Å². The Morgan fingerprint density at radius 1 is 1.41 bits per heavy atom. The zero-order valence-corrected chi connectivity index (χ0v) is 10.2. The number of aromatic nitrogens is 1. The number of carbonyl (C=O) groups excluding carboxylic acids is 1. The Morgan fingerprint density at radius 3 is 2.76 bits per heavy atom. The molecule has 0 aliphatic rings. The number of furan rings is 1. The third-order valence-electron chi connectivity index (χ3n) is 2.24. The first-order valence-electron chi connectivity index (χ1n) is 5.07. The van der Waals surface area contributed by atoms with Gasteiger partial charge in [-0.15, -0.1) is 0 Å². The van der Waals surface area contributed by atoms with Crippen LogP contribution in [0.2, 0.25) is 5.15 Å². The zero-order chi connectivity index (χ0) is 12.4. The van der Waals surface area contributed by atoms with Crippen LogP contribution in [0.4, 0.5) is 5.82 Å². The van der Waals surface area contributed by atoms with Crippen LogP contribution in [-0.4, -0.2) is 10.9 Å². The molecule has 0 bridgehead atoms. The standard InChI is InChI=1S/C12H11ClN2O2/c1-7-6-9(8(2)17-7)12(16)15-11-5-3-4-10(13)14-11/h3-6H,1-2H3,(H,14,15,16). The molecule has 2 heterocycles. The van der Waals surface area contributed by atoms with Crippen molar-refractivity contribution in [1.29, 1.82) is 0 Å². The van der Waals surface area contributed by atoms with Gasteiger partial charge in [-0.1, -0.05) is 17.7 Å². The van der Waals surface area contributed by atoms with Crippen molar-refractivity contribution in [3.63, 3.8) is 0 Å². The quantitative estimate of drug-likeness (QED) is 0.833. The maximum absolute atomic E-state index is 11.9. The topological polar surface area (TPSA) is 55.1 Å². The van der Waals surface area contributed by atoms with Crippen molar-refractivity contribution in [3.05, 3.63) is 46.5 Å². The van der Waals surface area contributed by atoms with Crippen LogP contribution in [0.5, 0.6) is 0 Å². The Hall–Kier alpha value is -1.81. The van der Waals surface area contributed by atoms with Gasteiger partial charge < -0.3 is 9.73 Å². The van der Waals surface area contributed by atoms with Gasteiger partial charge >= 0.3 is 0 Å². The molecule has 0 radical (unpaired) electrons. The Morgan fingerprint density at radius 2 is 2.18 bits per heavy atom. The number of hydrogen-bond donors (Lipinski definition) is 1. The molecule has 2 rings (SSSR count). The van der Waals surface area contributed by atoms with Gasteiger partial charge in [-0.3, -0.25) is 4.79 Å². The second-order valence-corrected chi connectivity index (χ2v) is 4.01. The summed E-state index contributed by atoms with van der Waals surface area (Å²) in [6.45, 7) is 3.54. The summed E-state index contributed by atoms with van der Waals surface area (Å²) in [6, 6.07) is 6.73. The smallest absolute Gasteiger partial charge is 0.260 e. The number of carbonyl (C=O) groups is 1. The van der Waals surface area contributed by atoms with E-state index < -0.39 is 0 Å². The van der Waals surface area contributed by atoms with Crippen molar-refractivity contribution in [2.45, 2.75) is 13.8 Å². The summed E-state index contributed by atoms with van der Waals surface area (Å²) < 4.78 is 5.29. The predicted molar refractivity (Wildman–Crippen MR) is 65.4 cm³/mol. The van der Waals surface area contributed by atoms with Gasteiger partial charge in [0.1, 0.15) is 22.5 Å². The van der Waals surface area contributed by atoms with E-state index in [1.165, 1.54) is 0 Å². The fraction of sp³-hybridized carbons (Fsp3) is 0.167. The second-order valence-electron chi connectivity index (χ2n) is 3.63. The first-order valence-corrected chi connectivity index (χ1v) is 5.45. The van der Waals surface area contributed by atoms with Crippen LogP contribution in [0.15, 0.2) is 28.7 Å². The first-order chi connectivity index (χ1) is 8.06. The van der Waals surface area contributed by atoms with E-state index in [9.17, 15) is 4.79 Å². The predicted octanol–water partition coefficient (Wildman–Crippen LogP) is 3.20. The van der Waals surface area contributed by atoms with Crippen molar-refractivity contribution in [2.24, 2.45) is 0 Å². The summed E-state index contributed by atoms with van der Waals surface area (Å²) >= 11 is 5.73. The highest BCUT2D eigenvalue weighted by atomic mass is 35.5. The lowest BCUT2D eigenvalue weighted by molar-refractivity contribution is 0.102. The summed E-state index contributed by atoms with van der Waals surface area (Å²) in [4.78, 5) is 15.9. The van der Waals surface area contributed by atoms with Crippen LogP contribution in [0.25, 0.3) is 0 Å². The minimum absolute atomic E-state index is 0.255. The van der Waals surface area contributed by atoms with Gasteiger partial charge in [0.2, 0.25) is 0 Å². The first kappa shape index (κ1) is 11.7. The average molecular weight is 251 g/mol. The lowest BCUT2D eigenvalue weighted by atomic mass is 10.2. The number of anilines is 1. The van der Waals surface area contributed by atoms with Gasteiger partial charge in [-0.05, 0) is 32.0 Å². The van der Waals surface area contributed by atoms with Crippen LogP contribution < -0.4 is 5.32 Å². The molecule has 88 valence electrons. The van der Waals surface area contributed by atoms with E-state index in [1.54, 1.807) is 38.1 Å². The number of nitrogens with one attached hydrogen (secondary N) is 1. The molecule has 0 fully saturated rings. The fourth-order valence-corrected chi connectivity index (χ4v) is 1.68. The van der Waals surface area contributed by atoms with Gasteiger partial charge in [-0.2, -0.15) is 0 Å². The average Bonchev–Trinajstić information content (AvgIpc) is 2.58. The monoisotopic (exact) mass is 250 g/mol. The van der Waals surface area contributed by atoms with Crippen LogP contribution in [-0.2, 0) is 0 Å². The Balaban J connectivity index is 2.20. The zero-order valence-electron chi connectivity index (χ0n) is 9.45. The number of rotatable bonds is 2. The molecule has 1 amide bonds. The third kappa shape index (κ3) is 2.65. The highest BCUT2D eigenvalue weighted by molar-refractivity contribution is 6.29. The third-order valence-corrected chi connectivity index (χ3v) is 2.45. The molecule has 5 heteroatoms. The summed E-state index contributed by atoms with van der Waals surface area (Å²) in [5.41, 5.74) is 0.504. The number of halogens is 1. The van der Waals surface area contributed by atoms with E-state index in [0.29, 0.717) is 28.1 Å². The highest BCUT2D eigenvalue weighted by Crippen LogP contribution is 2.16. The van der Waals surface area contributed by atoms with E-state index >= 15 is 0 Å². The lowest BCUT2D eigenvalue weighted by Crippen LogP contribution is -2.13. The largest absolute Gasteiger partial charge is 0.466 e. The van der Waals surface area contributed by atoms with E-state index in [4.69, 9.17) is 16.0 Å². The number of amides is 1. The van der Waals surface area contributed by atoms with Crippen molar-refractivity contribution in [1.82, 2.24) is 4.98 Å². The number of hydrogen-bond acceptors (Lipinski definition) is 3. The van der Waals surface area contributed by atoms with Gasteiger partial charge in [-0.25, -0.2) is 4.98 Å². The summed E-state index contributed by atoms with van der Waals surface area (Å²) in [5, 5.41) is 2.99. The van der Waals surface area contributed by atoms with Gasteiger partial charge in [0.15, 0.2) is 0 Å². The molecular weight excluding hydrogens is 240 g/mol. The molecule has 0 atom stereocenters. The molecular formula is C12H11ClN2O2. The number of pyridine rings is 1. The summed E-state index contributed by atoms with van der Waals surface area (Å²) in [7, 11) is 0. The normalized spacial score (nSPS) is 10.3.